The van der Waals surface area contributed by atoms with Crippen LogP contribution in [0.2, 0.25) is 0 Å². The SMILES string of the molecule is CN(C)CCC(=O)N1CC2(C[C@@H](Oc3cnccn3)CCO2)C1. The highest BCUT2D eigenvalue weighted by atomic mass is 16.5. The van der Waals surface area contributed by atoms with Crippen LogP contribution in [-0.4, -0.2) is 77.7 Å². The molecule has 0 aliphatic carbocycles. The predicted octanol–water partition coefficient (Wildman–Crippen LogP) is 0.567. The van der Waals surface area contributed by atoms with E-state index >= 15 is 0 Å². The summed E-state index contributed by atoms with van der Waals surface area (Å²) in [6, 6.07) is 0. The number of rotatable bonds is 5. The summed E-state index contributed by atoms with van der Waals surface area (Å²) in [6.07, 6.45) is 7.14. The van der Waals surface area contributed by atoms with Crippen molar-refractivity contribution in [3.8, 4) is 5.88 Å². The van der Waals surface area contributed by atoms with Crippen LogP contribution in [0.1, 0.15) is 19.3 Å². The Bertz CT molecular complexity index is 531. The van der Waals surface area contributed by atoms with Gasteiger partial charge in [-0.25, -0.2) is 4.98 Å². The number of aromatic nitrogens is 2. The molecule has 0 saturated carbocycles. The fraction of sp³-hybridized carbons (Fsp3) is 0.688. The number of likely N-dealkylation sites (tertiary alicyclic amines) is 1. The molecule has 0 unspecified atom stereocenters. The number of amides is 1. The predicted molar refractivity (Wildman–Crippen MR) is 84.1 cm³/mol. The molecule has 1 aromatic heterocycles. The molecule has 7 heteroatoms. The van der Waals surface area contributed by atoms with Crippen molar-refractivity contribution in [2.24, 2.45) is 0 Å². The number of ether oxygens (including phenoxy) is 2. The maximum absolute atomic E-state index is 12.1. The van der Waals surface area contributed by atoms with Crippen LogP contribution >= 0.6 is 0 Å². The average molecular weight is 320 g/mol. The van der Waals surface area contributed by atoms with E-state index in [4.69, 9.17) is 9.47 Å². The molecule has 1 amide bonds. The maximum atomic E-state index is 12.1. The van der Waals surface area contributed by atoms with Gasteiger partial charge in [-0.1, -0.05) is 0 Å². The molecule has 2 aliphatic heterocycles. The first-order valence-electron chi connectivity index (χ1n) is 8.05. The molecule has 0 N–H and O–H groups in total. The number of carbonyl (C=O) groups is 1. The van der Waals surface area contributed by atoms with Crippen molar-refractivity contribution in [1.29, 1.82) is 0 Å². The fourth-order valence-corrected chi connectivity index (χ4v) is 3.12. The van der Waals surface area contributed by atoms with Crippen molar-refractivity contribution < 1.29 is 14.3 Å². The first-order valence-corrected chi connectivity index (χ1v) is 8.05. The average Bonchev–Trinajstić information content (AvgIpc) is 2.51. The zero-order valence-corrected chi connectivity index (χ0v) is 13.8. The summed E-state index contributed by atoms with van der Waals surface area (Å²) in [7, 11) is 3.95. The Morgan fingerprint density at radius 2 is 2.30 bits per heavy atom. The number of hydrogen-bond donors (Lipinski definition) is 0. The molecule has 126 valence electrons. The van der Waals surface area contributed by atoms with E-state index in [1.165, 1.54) is 0 Å². The van der Waals surface area contributed by atoms with E-state index in [1.807, 2.05) is 23.9 Å². The summed E-state index contributed by atoms with van der Waals surface area (Å²) in [5.41, 5.74) is -0.237. The van der Waals surface area contributed by atoms with Crippen molar-refractivity contribution in [3.05, 3.63) is 18.6 Å². The van der Waals surface area contributed by atoms with Crippen LogP contribution in [0, 0.1) is 0 Å². The number of carbonyl (C=O) groups excluding carboxylic acids is 1. The molecule has 2 saturated heterocycles. The van der Waals surface area contributed by atoms with Crippen molar-refractivity contribution in [2.75, 3.05) is 40.3 Å². The molecule has 1 spiro atoms. The number of hydrogen-bond acceptors (Lipinski definition) is 6. The van der Waals surface area contributed by atoms with Gasteiger partial charge in [-0.3, -0.25) is 9.78 Å². The molecule has 3 rings (SSSR count). The fourth-order valence-electron chi connectivity index (χ4n) is 3.12. The molecule has 23 heavy (non-hydrogen) atoms. The van der Waals surface area contributed by atoms with Crippen LogP contribution in [0.5, 0.6) is 5.88 Å². The Morgan fingerprint density at radius 3 is 3.00 bits per heavy atom. The lowest BCUT2D eigenvalue weighted by Gasteiger charge is -2.52. The second-order valence-corrected chi connectivity index (χ2v) is 6.61. The van der Waals surface area contributed by atoms with E-state index in [1.54, 1.807) is 18.6 Å². The largest absolute Gasteiger partial charge is 0.473 e. The molecule has 0 aromatic carbocycles. The molecule has 2 aliphatic rings. The van der Waals surface area contributed by atoms with Gasteiger partial charge < -0.3 is 19.3 Å². The van der Waals surface area contributed by atoms with Gasteiger partial charge in [0.15, 0.2) is 0 Å². The van der Waals surface area contributed by atoms with E-state index in [0.717, 1.165) is 19.4 Å². The second kappa shape index (κ2) is 6.80. The lowest BCUT2D eigenvalue weighted by molar-refractivity contribution is -0.193. The van der Waals surface area contributed by atoms with Gasteiger partial charge >= 0.3 is 0 Å². The summed E-state index contributed by atoms with van der Waals surface area (Å²) >= 11 is 0. The van der Waals surface area contributed by atoms with Crippen molar-refractivity contribution in [2.45, 2.75) is 31.0 Å². The van der Waals surface area contributed by atoms with Crippen molar-refractivity contribution >= 4 is 5.91 Å². The molecule has 7 nitrogen and oxygen atoms in total. The van der Waals surface area contributed by atoms with Gasteiger partial charge in [0.05, 0.1) is 25.9 Å². The summed E-state index contributed by atoms with van der Waals surface area (Å²) in [6.45, 7) is 2.77. The summed E-state index contributed by atoms with van der Waals surface area (Å²) < 4.78 is 11.9. The highest BCUT2D eigenvalue weighted by Crippen LogP contribution is 2.35. The van der Waals surface area contributed by atoms with Gasteiger partial charge in [-0.05, 0) is 14.1 Å². The Hall–Kier alpha value is -1.73. The quantitative estimate of drug-likeness (QED) is 0.790. The lowest BCUT2D eigenvalue weighted by atomic mass is 9.84. The molecule has 2 fully saturated rings. The van der Waals surface area contributed by atoms with Gasteiger partial charge in [0.25, 0.3) is 0 Å². The monoisotopic (exact) mass is 320 g/mol. The Kier molecular flexibility index (Phi) is 4.77. The minimum atomic E-state index is -0.237. The van der Waals surface area contributed by atoms with E-state index in [-0.39, 0.29) is 17.6 Å². The summed E-state index contributed by atoms with van der Waals surface area (Å²) in [5, 5.41) is 0. The van der Waals surface area contributed by atoms with Gasteiger partial charge in [0.1, 0.15) is 11.7 Å². The lowest BCUT2D eigenvalue weighted by Crippen LogP contribution is -2.67. The number of nitrogens with zero attached hydrogens (tertiary/aromatic N) is 4. The van der Waals surface area contributed by atoms with E-state index in [9.17, 15) is 4.79 Å². The highest BCUT2D eigenvalue weighted by Gasteiger charge is 2.49. The van der Waals surface area contributed by atoms with E-state index < -0.39 is 0 Å². The summed E-state index contributed by atoms with van der Waals surface area (Å²) in [5.74, 6) is 0.748. The Labute approximate surface area is 136 Å². The van der Waals surface area contributed by atoms with Crippen LogP contribution in [0.15, 0.2) is 18.6 Å². The highest BCUT2D eigenvalue weighted by molar-refractivity contribution is 5.77. The van der Waals surface area contributed by atoms with Crippen LogP contribution in [-0.2, 0) is 9.53 Å². The zero-order chi connectivity index (χ0) is 16.3. The third-order valence-electron chi connectivity index (χ3n) is 4.36. The molecule has 1 aromatic rings. The van der Waals surface area contributed by atoms with Crippen molar-refractivity contribution in [1.82, 2.24) is 19.8 Å². The molecule has 1 atom stereocenters. The Balaban J connectivity index is 1.49. The van der Waals surface area contributed by atoms with E-state index in [0.29, 0.717) is 32.0 Å². The molecule has 3 heterocycles. The third kappa shape index (κ3) is 3.97. The summed E-state index contributed by atoms with van der Waals surface area (Å²) in [4.78, 5) is 24.2. The first kappa shape index (κ1) is 16.1. The molecule has 0 radical (unpaired) electrons. The van der Waals surface area contributed by atoms with Crippen LogP contribution in [0.4, 0.5) is 0 Å². The molecule has 0 bridgehead atoms. The van der Waals surface area contributed by atoms with Crippen molar-refractivity contribution in [3.63, 3.8) is 0 Å². The van der Waals surface area contributed by atoms with Crippen LogP contribution < -0.4 is 4.74 Å². The van der Waals surface area contributed by atoms with Crippen LogP contribution in [0.25, 0.3) is 0 Å². The minimum Gasteiger partial charge on any atom is -0.473 e. The Morgan fingerprint density at radius 1 is 1.48 bits per heavy atom. The topological polar surface area (TPSA) is 67.8 Å². The zero-order valence-electron chi connectivity index (χ0n) is 13.8. The van der Waals surface area contributed by atoms with Gasteiger partial charge in [-0.2, -0.15) is 0 Å². The standard InChI is InChI=1S/C16H24N4O3/c1-19(2)7-3-15(21)20-11-16(12-20)9-13(4-8-22-16)23-14-10-17-5-6-18-14/h5-6,10,13H,3-4,7-9,11-12H2,1-2H3/t13-/m0/s1. The van der Waals surface area contributed by atoms with Gasteiger partial charge in [0.2, 0.25) is 11.8 Å². The van der Waals surface area contributed by atoms with Gasteiger partial charge in [-0.15, -0.1) is 0 Å². The second-order valence-electron chi connectivity index (χ2n) is 6.61. The normalized spacial score (nSPS) is 22.9. The molecular formula is C16H24N4O3. The molecular weight excluding hydrogens is 296 g/mol. The minimum absolute atomic E-state index is 0.0690. The van der Waals surface area contributed by atoms with E-state index in [2.05, 4.69) is 9.97 Å². The third-order valence-corrected chi connectivity index (χ3v) is 4.36. The smallest absolute Gasteiger partial charge is 0.232 e. The maximum Gasteiger partial charge on any atom is 0.232 e. The van der Waals surface area contributed by atoms with Gasteiger partial charge in [0, 0.05) is 38.2 Å². The van der Waals surface area contributed by atoms with Crippen LogP contribution in [0.3, 0.4) is 0 Å². The first-order chi connectivity index (χ1) is 11.1.